The van der Waals surface area contributed by atoms with Crippen LogP contribution in [0.1, 0.15) is 47.7 Å². The minimum atomic E-state index is -1.96. The fourth-order valence-electron chi connectivity index (χ4n) is 6.94. The van der Waals surface area contributed by atoms with Crippen LogP contribution in [0.25, 0.3) is 0 Å². The first-order valence-electron chi connectivity index (χ1n) is 13.3. The molecule has 5 rings (SSSR count). The van der Waals surface area contributed by atoms with Gasteiger partial charge in [-0.15, -0.1) is 0 Å². The second-order valence-electron chi connectivity index (χ2n) is 11.5. The number of aliphatic hydroxyl groups is 2. The van der Waals surface area contributed by atoms with Crippen LogP contribution >= 0.6 is 0 Å². The molecule has 0 spiro atoms. The predicted octanol–water partition coefficient (Wildman–Crippen LogP) is 2.77. The third kappa shape index (κ3) is 4.41. The Morgan fingerprint density at radius 2 is 1.80 bits per heavy atom. The molecular formula is C31H33N5O5. The van der Waals surface area contributed by atoms with Gasteiger partial charge in [0.05, 0.1) is 35.9 Å². The van der Waals surface area contributed by atoms with Crippen LogP contribution in [0.2, 0.25) is 0 Å². The van der Waals surface area contributed by atoms with Gasteiger partial charge in [-0.3, -0.25) is 0 Å². The van der Waals surface area contributed by atoms with Crippen molar-refractivity contribution in [1.29, 1.82) is 10.5 Å². The Morgan fingerprint density at radius 3 is 2.37 bits per heavy atom. The van der Waals surface area contributed by atoms with Crippen molar-refractivity contribution >= 4 is 0 Å². The maximum atomic E-state index is 13.1. The fourth-order valence-corrected chi connectivity index (χ4v) is 6.94. The van der Waals surface area contributed by atoms with Crippen LogP contribution in [0.3, 0.4) is 0 Å². The van der Waals surface area contributed by atoms with E-state index in [1.54, 1.807) is 38.1 Å². The highest BCUT2D eigenvalue weighted by Gasteiger charge is 2.77. The molecule has 41 heavy (non-hydrogen) atoms. The highest BCUT2D eigenvalue weighted by atomic mass is 16.5. The van der Waals surface area contributed by atoms with Crippen molar-refractivity contribution in [2.24, 2.45) is 5.92 Å². The largest absolute Gasteiger partial charge is 0.481 e. The normalized spacial score (nSPS) is 26.5. The lowest BCUT2D eigenvalue weighted by Gasteiger charge is -2.41. The molecule has 0 bridgehead atoms. The molecule has 2 heterocycles. The fraction of sp³-hybridized carbons (Fsp3) is 0.387. The minimum absolute atomic E-state index is 0.00891. The highest BCUT2D eigenvalue weighted by molar-refractivity contribution is 5.60. The molecule has 0 amide bonds. The Bertz CT molecular complexity index is 1510. The summed E-state index contributed by atoms with van der Waals surface area (Å²) in [5.74, 6) is -0.832. The van der Waals surface area contributed by atoms with E-state index in [0.29, 0.717) is 24.2 Å². The van der Waals surface area contributed by atoms with E-state index in [9.17, 15) is 25.9 Å². The number of hydroxylamine groups is 1. The van der Waals surface area contributed by atoms with E-state index in [2.05, 4.69) is 16.5 Å². The van der Waals surface area contributed by atoms with E-state index < -0.39 is 34.7 Å². The van der Waals surface area contributed by atoms with Gasteiger partial charge in [0.1, 0.15) is 17.5 Å². The smallest absolute Gasteiger partial charge is 0.224 e. The molecule has 1 fully saturated rings. The first-order valence-corrected chi connectivity index (χ1v) is 13.3. The van der Waals surface area contributed by atoms with Crippen LogP contribution in [0, 0.1) is 28.6 Å². The van der Waals surface area contributed by atoms with Gasteiger partial charge in [0.15, 0.2) is 11.2 Å². The number of methoxy groups -OCH3 is 1. The second kappa shape index (κ2) is 10.4. The van der Waals surface area contributed by atoms with Gasteiger partial charge in [0, 0.05) is 31.0 Å². The molecule has 0 radical (unpaired) electrons. The SMILES string of the molecule is COc1nc(C#N)cc2c1[C@]1(O)[C@H](NO)[C@H](CN(C)CC(C)(C)O)[C@@H](c3ccccc3)[C@]1(c1ccc(C#N)cc1)O2. The Hall–Kier alpha value is -4.03. The van der Waals surface area contributed by atoms with Gasteiger partial charge in [-0.25, -0.2) is 4.98 Å². The van der Waals surface area contributed by atoms with E-state index in [1.807, 2.05) is 48.3 Å². The Balaban J connectivity index is 1.84. The quantitative estimate of drug-likeness (QED) is 0.305. The molecule has 0 saturated heterocycles. The maximum Gasteiger partial charge on any atom is 0.224 e. The standard InChI is InChI=1S/C31H33N5O5/c1-29(2,37)18-36(3)17-23-25(20-8-6-5-7-9-20)31(21-12-10-19(15-32)11-13-21)30(38,27(23)35-39)26-24(41-31)14-22(16-33)34-28(26)40-4/h5-14,23,25,27,35,37-39H,17-18H2,1-4H3/t23-,25-,27-,30+,31+/m1/s1. The first-order chi connectivity index (χ1) is 19.5. The lowest BCUT2D eigenvalue weighted by Crippen LogP contribution is -2.56. The molecule has 1 saturated carbocycles. The van der Waals surface area contributed by atoms with Gasteiger partial charge in [-0.2, -0.15) is 16.0 Å². The number of aromatic nitrogens is 1. The lowest BCUT2D eigenvalue weighted by atomic mass is 9.70. The predicted molar refractivity (Wildman–Crippen MR) is 148 cm³/mol. The number of rotatable bonds is 8. The van der Waals surface area contributed by atoms with Crippen LogP contribution < -0.4 is 15.0 Å². The minimum Gasteiger partial charge on any atom is -0.481 e. The maximum absolute atomic E-state index is 13.1. The zero-order valence-electron chi connectivity index (χ0n) is 23.4. The summed E-state index contributed by atoms with van der Waals surface area (Å²) in [5, 5.41) is 53.6. The van der Waals surface area contributed by atoms with Gasteiger partial charge >= 0.3 is 0 Å². The summed E-state index contributed by atoms with van der Waals surface area (Å²) in [6.07, 6.45) is 0. The van der Waals surface area contributed by atoms with Crippen molar-refractivity contribution in [3.8, 4) is 23.8 Å². The second-order valence-corrected chi connectivity index (χ2v) is 11.5. The summed E-state index contributed by atoms with van der Waals surface area (Å²) < 4.78 is 12.5. The number of hydrogen-bond acceptors (Lipinski definition) is 10. The van der Waals surface area contributed by atoms with Gasteiger partial charge in [0.2, 0.25) is 5.88 Å². The lowest BCUT2D eigenvalue weighted by molar-refractivity contribution is -0.132. The third-order valence-electron chi connectivity index (χ3n) is 8.14. The van der Waals surface area contributed by atoms with Crippen molar-refractivity contribution < 1.29 is 24.9 Å². The van der Waals surface area contributed by atoms with Crippen LogP contribution in [0.15, 0.2) is 60.7 Å². The summed E-state index contributed by atoms with van der Waals surface area (Å²) in [6.45, 7) is 4.13. The van der Waals surface area contributed by atoms with Gasteiger partial charge < -0.3 is 29.8 Å². The number of nitrogens with one attached hydrogen (secondary N) is 1. The number of nitriles is 2. The van der Waals surface area contributed by atoms with E-state index in [1.165, 1.54) is 13.2 Å². The number of fused-ring (bicyclic) bond motifs is 3. The summed E-state index contributed by atoms with van der Waals surface area (Å²) in [6, 6.07) is 21.0. The van der Waals surface area contributed by atoms with Crippen LogP contribution in [0.5, 0.6) is 11.6 Å². The van der Waals surface area contributed by atoms with Crippen molar-refractivity contribution in [3.05, 3.63) is 88.6 Å². The molecule has 10 heteroatoms. The zero-order chi connectivity index (χ0) is 29.6. The Labute approximate surface area is 239 Å². The van der Waals surface area contributed by atoms with Crippen LogP contribution in [-0.2, 0) is 11.2 Å². The molecule has 1 aromatic heterocycles. The summed E-state index contributed by atoms with van der Waals surface area (Å²) in [4.78, 5) is 6.28. The summed E-state index contributed by atoms with van der Waals surface area (Å²) >= 11 is 0. The van der Waals surface area contributed by atoms with E-state index in [0.717, 1.165) is 5.56 Å². The third-order valence-corrected chi connectivity index (χ3v) is 8.14. The highest BCUT2D eigenvalue weighted by Crippen LogP contribution is 2.69. The molecule has 212 valence electrons. The molecule has 10 nitrogen and oxygen atoms in total. The number of nitrogens with zero attached hydrogens (tertiary/aromatic N) is 4. The average Bonchev–Trinajstić information content (AvgIpc) is 3.32. The van der Waals surface area contributed by atoms with Crippen molar-refractivity contribution in [2.75, 3.05) is 27.2 Å². The van der Waals surface area contributed by atoms with Crippen LogP contribution in [0.4, 0.5) is 0 Å². The molecule has 2 aromatic carbocycles. The summed E-state index contributed by atoms with van der Waals surface area (Å²) in [7, 11) is 3.27. The van der Waals surface area contributed by atoms with E-state index >= 15 is 0 Å². The number of benzene rings is 2. The average molecular weight is 556 g/mol. The zero-order valence-corrected chi connectivity index (χ0v) is 23.4. The number of pyridine rings is 1. The molecule has 5 atom stereocenters. The molecule has 1 aliphatic carbocycles. The summed E-state index contributed by atoms with van der Waals surface area (Å²) in [5.41, 5.74) is 0.0188. The van der Waals surface area contributed by atoms with Gasteiger partial charge in [0.25, 0.3) is 0 Å². The molecular weight excluding hydrogens is 522 g/mol. The van der Waals surface area contributed by atoms with Crippen molar-refractivity contribution in [3.63, 3.8) is 0 Å². The van der Waals surface area contributed by atoms with Crippen molar-refractivity contribution in [1.82, 2.24) is 15.4 Å². The molecule has 3 aromatic rings. The number of likely N-dealkylation sites (N-methyl/N-ethyl adjacent to an activating group) is 1. The van der Waals surface area contributed by atoms with Crippen molar-refractivity contribution in [2.45, 2.75) is 42.6 Å². The van der Waals surface area contributed by atoms with Gasteiger partial charge in [-0.05, 0) is 44.2 Å². The molecule has 4 N–H and O–H groups in total. The monoisotopic (exact) mass is 555 g/mol. The topological polar surface area (TPSA) is 155 Å². The Morgan fingerprint density at radius 1 is 1.12 bits per heavy atom. The van der Waals surface area contributed by atoms with Crippen LogP contribution in [-0.4, -0.2) is 64.2 Å². The molecule has 0 unspecified atom stereocenters. The Kier molecular flexibility index (Phi) is 7.24. The molecule has 2 aliphatic rings. The van der Waals surface area contributed by atoms with E-state index in [-0.39, 0.29) is 22.9 Å². The van der Waals surface area contributed by atoms with E-state index in [4.69, 9.17) is 9.47 Å². The molecule has 1 aliphatic heterocycles. The van der Waals surface area contributed by atoms with Gasteiger partial charge in [-0.1, -0.05) is 42.5 Å². The number of hydrogen-bond donors (Lipinski definition) is 4. The first kappa shape index (κ1) is 28.5. The number of ether oxygens (including phenoxy) is 2.